The number of piperazine rings is 1. The Morgan fingerprint density at radius 1 is 1.08 bits per heavy atom. The van der Waals surface area contributed by atoms with Crippen molar-refractivity contribution in [3.8, 4) is 0 Å². The number of ether oxygens (including phenoxy) is 1. The lowest BCUT2D eigenvalue weighted by Crippen LogP contribution is -2.53. The van der Waals surface area contributed by atoms with Crippen LogP contribution in [0.15, 0.2) is 30.3 Å². The van der Waals surface area contributed by atoms with Crippen molar-refractivity contribution in [2.45, 2.75) is 51.6 Å². The van der Waals surface area contributed by atoms with E-state index in [4.69, 9.17) is 4.74 Å². The van der Waals surface area contributed by atoms with E-state index in [1.54, 1.807) is 0 Å². The van der Waals surface area contributed by atoms with Crippen LogP contribution in [0.3, 0.4) is 0 Å². The van der Waals surface area contributed by atoms with Crippen LogP contribution in [-0.2, 0) is 16.1 Å². The van der Waals surface area contributed by atoms with Gasteiger partial charge in [-0.2, -0.15) is 0 Å². The van der Waals surface area contributed by atoms with Crippen molar-refractivity contribution < 1.29 is 9.53 Å². The van der Waals surface area contributed by atoms with Gasteiger partial charge in [0.15, 0.2) is 0 Å². The van der Waals surface area contributed by atoms with Crippen molar-refractivity contribution in [3.05, 3.63) is 35.9 Å². The fraction of sp³-hybridized carbons (Fsp3) is 0.667. The van der Waals surface area contributed by atoms with Gasteiger partial charge in [-0.05, 0) is 31.2 Å². The first-order valence-electron chi connectivity index (χ1n) is 9.92. The Kier molecular flexibility index (Phi) is 6.88. The SMILES string of the molecule is CCOC(=O)CC1CCCCC1N1CCN(Cc2ccccc2)CC1. The maximum absolute atomic E-state index is 11.9. The average molecular weight is 344 g/mol. The molecule has 3 rings (SSSR count). The van der Waals surface area contributed by atoms with Crippen molar-refractivity contribution >= 4 is 5.97 Å². The Morgan fingerprint density at radius 2 is 1.80 bits per heavy atom. The van der Waals surface area contributed by atoms with Gasteiger partial charge >= 0.3 is 5.97 Å². The number of hydrogen-bond donors (Lipinski definition) is 0. The molecule has 2 unspecified atom stereocenters. The highest BCUT2D eigenvalue weighted by Crippen LogP contribution is 2.32. The van der Waals surface area contributed by atoms with Crippen LogP contribution in [0.1, 0.15) is 44.6 Å². The molecule has 0 bridgehead atoms. The summed E-state index contributed by atoms with van der Waals surface area (Å²) in [4.78, 5) is 17.1. The lowest BCUT2D eigenvalue weighted by molar-refractivity contribution is -0.145. The zero-order chi connectivity index (χ0) is 17.5. The van der Waals surface area contributed by atoms with E-state index >= 15 is 0 Å². The zero-order valence-corrected chi connectivity index (χ0v) is 15.5. The van der Waals surface area contributed by atoms with E-state index in [0.29, 0.717) is 25.0 Å². The fourth-order valence-electron chi connectivity index (χ4n) is 4.44. The van der Waals surface area contributed by atoms with E-state index < -0.39 is 0 Å². The third-order valence-electron chi connectivity index (χ3n) is 5.73. The van der Waals surface area contributed by atoms with E-state index in [9.17, 15) is 4.79 Å². The smallest absolute Gasteiger partial charge is 0.306 e. The molecule has 1 saturated heterocycles. The molecule has 0 N–H and O–H groups in total. The van der Waals surface area contributed by atoms with Crippen LogP contribution in [0.2, 0.25) is 0 Å². The molecule has 4 heteroatoms. The van der Waals surface area contributed by atoms with Crippen molar-refractivity contribution in [2.24, 2.45) is 5.92 Å². The average Bonchev–Trinajstić information content (AvgIpc) is 2.64. The lowest BCUT2D eigenvalue weighted by Gasteiger charge is -2.44. The van der Waals surface area contributed by atoms with Gasteiger partial charge in [-0.1, -0.05) is 43.2 Å². The standard InChI is InChI=1S/C21H32N2O2/c1-2-25-21(24)16-19-10-6-7-11-20(19)23-14-12-22(13-15-23)17-18-8-4-3-5-9-18/h3-5,8-9,19-20H,2,6-7,10-17H2,1H3. The minimum absolute atomic E-state index is 0.0119. The number of hydrogen-bond acceptors (Lipinski definition) is 4. The van der Waals surface area contributed by atoms with Crippen molar-refractivity contribution in [3.63, 3.8) is 0 Å². The molecule has 25 heavy (non-hydrogen) atoms. The van der Waals surface area contributed by atoms with Gasteiger partial charge in [0.25, 0.3) is 0 Å². The number of esters is 1. The zero-order valence-electron chi connectivity index (χ0n) is 15.5. The Morgan fingerprint density at radius 3 is 2.52 bits per heavy atom. The molecule has 1 aliphatic carbocycles. The van der Waals surface area contributed by atoms with Gasteiger partial charge in [-0.3, -0.25) is 14.6 Å². The third-order valence-corrected chi connectivity index (χ3v) is 5.73. The second-order valence-electron chi connectivity index (χ2n) is 7.42. The number of carbonyl (C=O) groups excluding carboxylic acids is 1. The third kappa shape index (κ3) is 5.29. The van der Waals surface area contributed by atoms with Crippen LogP contribution in [0, 0.1) is 5.92 Å². The van der Waals surface area contributed by atoms with E-state index in [-0.39, 0.29) is 5.97 Å². The fourth-order valence-corrected chi connectivity index (χ4v) is 4.44. The molecule has 1 aromatic rings. The normalized spacial score (nSPS) is 25.6. The van der Waals surface area contributed by atoms with Gasteiger partial charge in [-0.15, -0.1) is 0 Å². The molecule has 0 amide bonds. The van der Waals surface area contributed by atoms with Crippen LogP contribution >= 0.6 is 0 Å². The molecule has 0 spiro atoms. The van der Waals surface area contributed by atoms with Crippen molar-refractivity contribution in [1.29, 1.82) is 0 Å². The predicted molar refractivity (Wildman–Crippen MR) is 100 cm³/mol. The summed E-state index contributed by atoms with van der Waals surface area (Å²) in [6.07, 6.45) is 5.57. The van der Waals surface area contributed by atoms with E-state index in [2.05, 4.69) is 40.1 Å². The first-order valence-corrected chi connectivity index (χ1v) is 9.92. The van der Waals surface area contributed by atoms with Gasteiger partial charge in [-0.25, -0.2) is 0 Å². The molecular formula is C21H32N2O2. The molecule has 2 atom stereocenters. The van der Waals surface area contributed by atoms with E-state index in [0.717, 1.165) is 32.7 Å². The minimum atomic E-state index is -0.0119. The molecule has 0 radical (unpaired) electrons. The summed E-state index contributed by atoms with van der Waals surface area (Å²) in [6.45, 7) is 7.92. The summed E-state index contributed by atoms with van der Waals surface area (Å²) in [5.74, 6) is 0.468. The Bertz CT molecular complexity index is 526. The largest absolute Gasteiger partial charge is 0.466 e. The second kappa shape index (κ2) is 9.35. The first-order chi connectivity index (χ1) is 12.3. The number of nitrogens with zero attached hydrogens (tertiary/aromatic N) is 2. The van der Waals surface area contributed by atoms with Crippen molar-refractivity contribution in [2.75, 3.05) is 32.8 Å². The Labute approximate surface area is 152 Å². The van der Waals surface area contributed by atoms with Gasteiger partial charge in [0, 0.05) is 45.2 Å². The molecule has 0 aromatic heterocycles. The molecule has 1 heterocycles. The summed E-state index contributed by atoms with van der Waals surface area (Å²) in [5.41, 5.74) is 1.40. The summed E-state index contributed by atoms with van der Waals surface area (Å²) < 4.78 is 5.20. The molecular weight excluding hydrogens is 312 g/mol. The van der Waals surface area contributed by atoms with Crippen LogP contribution in [0.4, 0.5) is 0 Å². The maximum Gasteiger partial charge on any atom is 0.306 e. The highest BCUT2D eigenvalue weighted by Gasteiger charge is 2.33. The predicted octanol–water partition coefficient (Wildman–Crippen LogP) is 3.32. The first kappa shape index (κ1) is 18.4. The van der Waals surface area contributed by atoms with Gasteiger partial charge in [0.05, 0.1) is 6.61 Å². The number of benzene rings is 1. The molecule has 1 saturated carbocycles. The minimum Gasteiger partial charge on any atom is -0.466 e. The lowest BCUT2D eigenvalue weighted by atomic mass is 9.81. The summed E-state index contributed by atoms with van der Waals surface area (Å²) >= 11 is 0. The van der Waals surface area contributed by atoms with E-state index in [1.165, 1.54) is 31.2 Å². The molecule has 1 aliphatic heterocycles. The van der Waals surface area contributed by atoms with Crippen LogP contribution in [0.25, 0.3) is 0 Å². The van der Waals surface area contributed by atoms with E-state index in [1.807, 2.05) is 6.92 Å². The Balaban J connectivity index is 1.50. The molecule has 2 fully saturated rings. The maximum atomic E-state index is 11.9. The van der Waals surface area contributed by atoms with Crippen molar-refractivity contribution in [1.82, 2.24) is 9.80 Å². The van der Waals surface area contributed by atoms with Gasteiger partial charge in [0.2, 0.25) is 0 Å². The van der Waals surface area contributed by atoms with Crippen LogP contribution in [0.5, 0.6) is 0 Å². The van der Waals surface area contributed by atoms with Crippen LogP contribution in [-0.4, -0.2) is 54.6 Å². The number of rotatable bonds is 6. The molecule has 138 valence electrons. The summed E-state index contributed by atoms with van der Waals surface area (Å²) in [5, 5.41) is 0. The molecule has 4 nitrogen and oxygen atoms in total. The molecule has 2 aliphatic rings. The summed E-state index contributed by atoms with van der Waals surface area (Å²) in [7, 11) is 0. The Hall–Kier alpha value is -1.39. The van der Waals surface area contributed by atoms with Gasteiger partial charge < -0.3 is 4.74 Å². The number of carbonyl (C=O) groups is 1. The highest BCUT2D eigenvalue weighted by molar-refractivity contribution is 5.69. The van der Waals surface area contributed by atoms with Gasteiger partial charge in [0.1, 0.15) is 0 Å². The monoisotopic (exact) mass is 344 g/mol. The highest BCUT2D eigenvalue weighted by atomic mass is 16.5. The molecule has 1 aromatic carbocycles. The quantitative estimate of drug-likeness (QED) is 0.741. The summed E-state index contributed by atoms with van der Waals surface area (Å²) in [6, 6.07) is 11.3. The topological polar surface area (TPSA) is 32.8 Å². The van der Waals surface area contributed by atoms with Crippen LogP contribution < -0.4 is 0 Å². The second-order valence-corrected chi connectivity index (χ2v) is 7.42.